The number of nitrogens with zero attached hydrogens (tertiary/aromatic N) is 1. The van der Waals surface area contributed by atoms with Gasteiger partial charge < -0.3 is 5.11 Å². The molecule has 0 spiro atoms. The summed E-state index contributed by atoms with van der Waals surface area (Å²) in [5.41, 5.74) is -2.04. The third kappa shape index (κ3) is 3.70. The smallest absolute Gasteiger partial charge is 0.380 e. The lowest BCUT2D eigenvalue weighted by atomic mass is 9.91. The number of rotatable bonds is 5. The highest BCUT2D eigenvalue weighted by molar-refractivity contribution is 5.05. The summed E-state index contributed by atoms with van der Waals surface area (Å²) in [5, 5.41) is 9.66. The minimum Gasteiger partial charge on any atom is -0.380 e. The second-order valence-corrected chi connectivity index (χ2v) is 4.10. The number of hydrogen-bond donors (Lipinski definition) is 1. The van der Waals surface area contributed by atoms with Crippen molar-refractivity contribution < 1.29 is 18.3 Å². The van der Waals surface area contributed by atoms with Gasteiger partial charge in [-0.15, -0.1) is 0 Å². The summed E-state index contributed by atoms with van der Waals surface area (Å²) in [6.07, 6.45) is -3.26. The van der Waals surface area contributed by atoms with E-state index in [-0.39, 0.29) is 25.7 Å². The molecule has 0 radical (unpaired) electrons. The number of halogens is 3. The molecule has 0 fully saturated rings. The number of aromatic nitrogens is 1. The average Bonchev–Trinajstić information content (AvgIpc) is 2.27. The fourth-order valence-corrected chi connectivity index (χ4v) is 1.70. The van der Waals surface area contributed by atoms with Gasteiger partial charge >= 0.3 is 6.18 Å². The molecule has 0 amide bonds. The van der Waals surface area contributed by atoms with Gasteiger partial charge in [0, 0.05) is 11.9 Å². The van der Waals surface area contributed by atoms with Crippen molar-refractivity contribution in [3.8, 4) is 0 Å². The molecule has 0 aliphatic carbocycles. The fraction of sp³-hybridized carbons (Fsp3) is 0.583. The first-order valence-corrected chi connectivity index (χ1v) is 5.58. The maximum Gasteiger partial charge on any atom is 0.417 e. The molecule has 0 aliphatic heterocycles. The van der Waals surface area contributed by atoms with E-state index >= 15 is 0 Å². The van der Waals surface area contributed by atoms with Crippen LogP contribution in [0.5, 0.6) is 0 Å². The van der Waals surface area contributed by atoms with Gasteiger partial charge in [0.15, 0.2) is 5.60 Å². The van der Waals surface area contributed by atoms with Crippen LogP contribution in [0.4, 0.5) is 13.2 Å². The Bertz CT molecular complexity index is 339. The van der Waals surface area contributed by atoms with Crippen molar-refractivity contribution in [2.75, 3.05) is 0 Å². The lowest BCUT2D eigenvalue weighted by Gasteiger charge is -2.30. The zero-order chi connectivity index (χ0) is 12.9. The maximum atomic E-state index is 12.7. The van der Waals surface area contributed by atoms with E-state index in [4.69, 9.17) is 0 Å². The number of aliphatic hydroxyl groups is 1. The molecule has 0 saturated carbocycles. The molecule has 0 aromatic carbocycles. The summed E-state index contributed by atoms with van der Waals surface area (Å²) in [4.78, 5) is 3.95. The summed E-state index contributed by atoms with van der Waals surface area (Å²) in [5.74, 6) is 0. The highest BCUT2D eigenvalue weighted by Crippen LogP contribution is 2.37. The SMILES string of the molecule is CCCC(O)(CCc1ccccn1)C(F)(F)F. The molecule has 1 atom stereocenters. The minimum atomic E-state index is -4.59. The summed E-state index contributed by atoms with van der Waals surface area (Å²) in [6.45, 7) is 1.62. The highest BCUT2D eigenvalue weighted by atomic mass is 19.4. The Kier molecular flexibility index (Phi) is 4.51. The summed E-state index contributed by atoms with van der Waals surface area (Å²) in [6, 6.07) is 5.07. The minimum absolute atomic E-state index is 0.122. The van der Waals surface area contributed by atoms with Crippen LogP contribution in [0.3, 0.4) is 0 Å². The predicted octanol–water partition coefficient (Wildman–Crippen LogP) is 3.11. The van der Waals surface area contributed by atoms with Crippen LogP contribution >= 0.6 is 0 Å². The van der Waals surface area contributed by atoms with Gasteiger partial charge in [0.1, 0.15) is 0 Å². The van der Waals surface area contributed by atoms with Crippen LogP contribution in [0.1, 0.15) is 31.9 Å². The largest absolute Gasteiger partial charge is 0.417 e. The monoisotopic (exact) mass is 247 g/mol. The topological polar surface area (TPSA) is 33.1 Å². The Hall–Kier alpha value is -1.10. The summed E-state index contributed by atoms with van der Waals surface area (Å²) < 4.78 is 38.2. The van der Waals surface area contributed by atoms with E-state index in [0.29, 0.717) is 5.69 Å². The number of hydrogen-bond acceptors (Lipinski definition) is 2. The van der Waals surface area contributed by atoms with Gasteiger partial charge in [-0.3, -0.25) is 4.98 Å². The van der Waals surface area contributed by atoms with Gasteiger partial charge in [-0.05, 0) is 31.4 Å². The Morgan fingerprint density at radius 1 is 1.24 bits per heavy atom. The molecule has 1 aromatic rings. The Morgan fingerprint density at radius 2 is 1.94 bits per heavy atom. The van der Waals surface area contributed by atoms with Crippen LogP contribution in [0.2, 0.25) is 0 Å². The second kappa shape index (κ2) is 5.49. The van der Waals surface area contributed by atoms with E-state index in [1.165, 1.54) is 6.20 Å². The molecule has 2 nitrogen and oxygen atoms in total. The van der Waals surface area contributed by atoms with Gasteiger partial charge in [-0.25, -0.2) is 0 Å². The first-order valence-electron chi connectivity index (χ1n) is 5.58. The lowest BCUT2D eigenvalue weighted by Crippen LogP contribution is -2.45. The number of alkyl halides is 3. The Labute approximate surface area is 98.5 Å². The van der Waals surface area contributed by atoms with Crippen molar-refractivity contribution >= 4 is 0 Å². The normalized spacial score (nSPS) is 15.6. The zero-order valence-electron chi connectivity index (χ0n) is 9.67. The number of pyridine rings is 1. The van der Waals surface area contributed by atoms with Crippen molar-refractivity contribution in [3.05, 3.63) is 30.1 Å². The first-order chi connectivity index (χ1) is 7.89. The molecule has 0 bridgehead atoms. The molecule has 0 aliphatic rings. The highest BCUT2D eigenvalue weighted by Gasteiger charge is 2.52. The van der Waals surface area contributed by atoms with Crippen molar-refractivity contribution in [1.29, 1.82) is 0 Å². The van der Waals surface area contributed by atoms with E-state index in [0.717, 1.165) is 0 Å². The van der Waals surface area contributed by atoms with Crippen molar-refractivity contribution in [3.63, 3.8) is 0 Å². The quantitative estimate of drug-likeness (QED) is 0.867. The fourth-order valence-electron chi connectivity index (χ4n) is 1.70. The van der Waals surface area contributed by atoms with Crippen LogP contribution in [-0.4, -0.2) is 21.9 Å². The van der Waals surface area contributed by atoms with Crippen LogP contribution in [0.15, 0.2) is 24.4 Å². The van der Waals surface area contributed by atoms with Gasteiger partial charge in [-0.2, -0.15) is 13.2 Å². The number of aryl methyl sites for hydroxylation is 1. The van der Waals surface area contributed by atoms with Gasteiger partial charge in [0.25, 0.3) is 0 Å². The van der Waals surface area contributed by atoms with Gasteiger partial charge in [0.2, 0.25) is 0 Å². The van der Waals surface area contributed by atoms with E-state index in [2.05, 4.69) is 4.98 Å². The third-order valence-corrected chi connectivity index (χ3v) is 2.71. The second-order valence-electron chi connectivity index (χ2n) is 4.10. The molecular formula is C12H16F3NO. The van der Waals surface area contributed by atoms with Gasteiger partial charge in [0.05, 0.1) is 0 Å². The van der Waals surface area contributed by atoms with E-state index in [1.807, 2.05) is 0 Å². The van der Waals surface area contributed by atoms with Crippen molar-refractivity contribution in [1.82, 2.24) is 4.98 Å². The molecule has 5 heteroatoms. The lowest BCUT2D eigenvalue weighted by molar-refractivity contribution is -0.264. The summed E-state index contributed by atoms with van der Waals surface area (Å²) in [7, 11) is 0. The molecule has 0 saturated heterocycles. The Balaban J connectivity index is 2.69. The van der Waals surface area contributed by atoms with E-state index < -0.39 is 11.8 Å². The van der Waals surface area contributed by atoms with E-state index in [1.54, 1.807) is 25.1 Å². The standard InChI is InChI=1S/C12H16F3NO/c1-2-7-11(17,12(13,14)15)8-6-10-5-3-4-9-16-10/h3-5,9,17H,2,6-8H2,1H3. The average molecular weight is 247 g/mol. The van der Waals surface area contributed by atoms with E-state index in [9.17, 15) is 18.3 Å². The molecule has 1 aromatic heterocycles. The van der Waals surface area contributed by atoms with Gasteiger partial charge in [-0.1, -0.05) is 19.4 Å². The van der Waals surface area contributed by atoms with Crippen LogP contribution in [0.25, 0.3) is 0 Å². The Morgan fingerprint density at radius 3 is 2.41 bits per heavy atom. The molecular weight excluding hydrogens is 231 g/mol. The van der Waals surface area contributed by atoms with Crippen LogP contribution < -0.4 is 0 Å². The first kappa shape index (κ1) is 14.0. The third-order valence-electron chi connectivity index (χ3n) is 2.71. The van der Waals surface area contributed by atoms with Crippen LogP contribution in [-0.2, 0) is 6.42 Å². The molecule has 96 valence electrons. The molecule has 1 rings (SSSR count). The van der Waals surface area contributed by atoms with Crippen molar-refractivity contribution in [2.24, 2.45) is 0 Å². The van der Waals surface area contributed by atoms with Crippen molar-refractivity contribution in [2.45, 2.75) is 44.4 Å². The molecule has 1 N–H and O–H groups in total. The molecule has 1 unspecified atom stereocenters. The molecule has 17 heavy (non-hydrogen) atoms. The predicted molar refractivity (Wildman–Crippen MR) is 58.5 cm³/mol. The molecule has 1 heterocycles. The maximum absolute atomic E-state index is 12.7. The zero-order valence-corrected chi connectivity index (χ0v) is 9.67. The summed E-state index contributed by atoms with van der Waals surface area (Å²) >= 11 is 0. The van der Waals surface area contributed by atoms with Crippen LogP contribution in [0, 0.1) is 0 Å².